The van der Waals surface area contributed by atoms with Crippen molar-refractivity contribution in [2.45, 2.75) is 31.8 Å². The zero-order chi connectivity index (χ0) is 18.5. The van der Waals surface area contributed by atoms with Gasteiger partial charge in [0, 0.05) is 30.0 Å². The summed E-state index contributed by atoms with van der Waals surface area (Å²) in [5.74, 6) is -1.15. The highest BCUT2D eigenvalue weighted by molar-refractivity contribution is 7.10. The molecule has 7 heteroatoms. The third-order valence-corrected chi connectivity index (χ3v) is 5.29. The second-order valence-corrected chi connectivity index (χ2v) is 7.24. The van der Waals surface area contributed by atoms with E-state index in [4.69, 9.17) is 5.11 Å². The Morgan fingerprint density at radius 2 is 2.12 bits per heavy atom. The number of carboxylic acid groups (broad SMARTS) is 1. The lowest BCUT2D eigenvalue weighted by molar-refractivity contribution is -0.137. The average Bonchev–Trinajstić information content (AvgIpc) is 3.27. The largest absolute Gasteiger partial charge is 0.481 e. The Hall–Kier alpha value is -2.67. The first-order chi connectivity index (χ1) is 12.5. The lowest BCUT2D eigenvalue weighted by Crippen LogP contribution is -2.30. The average molecular weight is 372 g/mol. The van der Waals surface area contributed by atoms with E-state index in [0.29, 0.717) is 18.5 Å². The maximum absolute atomic E-state index is 12.6. The first kappa shape index (κ1) is 18.1. The van der Waals surface area contributed by atoms with Gasteiger partial charge in [0.1, 0.15) is 0 Å². The number of nitrogens with one attached hydrogen (secondary N) is 1. The van der Waals surface area contributed by atoms with Crippen molar-refractivity contribution in [1.82, 2.24) is 10.2 Å². The Kier molecular flexibility index (Phi) is 5.68. The lowest BCUT2D eigenvalue weighted by Gasteiger charge is -2.17. The van der Waals surface area contributed by atoms with Crippen LogP contribution in [0.15, 0.2) is 41.8 Å². The fourth-order valence-corrected chi connectivity index (χ4v) is 3.81. The van der Waals surface area contributed by atoms with Crippen LogP contribution in [0.5, 0.6) is 0 Å². The Bertz CT molecular complexity index is 804. The van der Waals surface area contributed by atoms with Crippen LogP contribution in [0.3, 0.4) is 0 Å². The molecule has 0 bridgehead atoms. The summed E-state index contributed by atoms with van der Waals surface area (Å²) in [5.41, 5.74) is 1.35. The molecule has 0 aliphatic carbocycles. The van der Waals surface area contributed by atoms with Crippen LogP contribution in [0, 0.1) is 0 Å². The van der Waals surface area contributed by atoms with E-state index in [1.807, 2.05) is 23.6 Å². The molecule has 0 radical (unpaired) electrons. The molecular formula is C19H20N2O4S. The second kappa shape index (κ2) is 8.14. The number of benzene rings is 1. The molecule has 26 heavy (non-hydrogen) atoms. The number of aliphatic carboxylic acids is 1. The first-order valence-electron chi connectivity index (χ1n) is 8.45. The SMILES string of the molecule is O=C(O)C[C@H](NC(=O)c1cccc(CN2CCCC2=O)c1)c1cccs1. The van der Waals surface area contributed by atoms with Gasteiger partial charge in [-0.1, -0.05) is 18.2 Å². The highest BCUT2D eigenvalue weighted by atomic mass is 32.1. The minimum absolute atomic E-state index is 0.138. The van der Waals surface area contributed by atoms with Gasteiger partial charge in [0.15, 0.2) is 0 Å². The molecule has 2 heterocycles. The van der Waals surface area contributed by atoms with Gasteiger partial charge in [-0.05, 0) is 35.6 Å². The maximum atomic E-state index is 12.6. The van der Waals surface area contributed by atoms with Gasteiger partial charge in [0.25, 0.3) is 5.91 Å². The fourth-order valence-electron chi connectivity index (χ4n) is 3.03. The molecule has 2 amide bonds. The molecule has 0 saturated carbocycles. The maximum Gasteiger partial charge on any atom is 0.305 e. The van der Waals surface area contributed by atoms with E-state index in [1.165, 1.54) is 11.3 Å². The number of carboxylic acids is 1. The molecule has 136 valence electrons. The number of hydrogen-bond donors (Lipinski definition) is 2. The van der Waals surface area contributed by atoms with E-state index < -0.39 is 12.0 Å². The van der Waals surface area contributed by atoms with E-state index in [2.05, 4.69) is 5.32 Å². The molecule has 1 aromatic heterocycles. The third-order valence-electron chi connectivity index (χ3n) is 4.30. The molecule has 0 unspecified atom stereocenters. The van der Waals surface area contributed by atoms with Crippen molar-refractivity contribution in [2.24, 2.45) is 0 Å². The van der Waals surface area contributed by atoms with Gasteiger partial charge >= 0.3 is 5.97 Å². The quantitative estimate of drug-likeness (QED) is 0.782. The number of carbonyl (C=O) groups excluding carboxylic acids is 2. The van der Waals surface area contributed by atoms with E-state index in [0.717, 1.165) is 23.4 Å². The summed E-state index contributed by atoms with van der Waals surface area (Å²) in [5, 5.41) is 13.8. The van der Waals surface area contributed by atoms with Crippen molar-refractivity contribution in [2.75, 3.05) is 6.54 Å². The molecule has 3 rings (SSSR count). The zero-order valence-electron chi connectivity index (χ0n) is 14.2. The van der Waals surface area contributed by atoms with Gasteiger partial charge in [0.05, 0.1) is 12.5 Å². The summed E-state index contributed by atoms with van der Waals surface area (Å²) in [6.07, 6.45) is 1.28. The minimum atomic E-state index is -0.968. The molecule has 1 atom stereocenters. The lowest BCUT2D eigenvalue weighted by atomic mass is 10.1. The summed E-state index contributed by atoms with van der Waals surface area (Å²) >= 11 is 1.41. The Labute approximate surface area is 155 Å². The molecule has 1 aliphatic rings. The molecule has 1 fully saturated rings. The number of thiophene rings is 1. The van der Waals surface area contributed by atoms with Crippen LogP contribution in [0.1, 0.15) is 46.1 Å². The Morgan fingerprint density at radius 1 is 1.27 bits per heavy atom. The van der Waals surface area contributed by atoms with E-state index in [-0.39, 0.29) is 18.2 Å². The number of hydrogen-bond acceptors (Lipinski definition) is 4. The monoisotopic (exact) mass is 372 g/mol. The van der Waals surface area contributed by atoms with Gasteiger partial charge in [0.2, 0.25) is 5.91 Å². The summed E-state index contributed by atoms with van der Waals surface area (Å²) in [6.45, 7) is 1.23. The van der Waals surface area contributed by atoms with Crippen molar-refractivity contribution in [3.8, 4) is 0 Å². The van der Waals surface area contributed by atoms with E-state index in [1.54, 1.807) is 23.1 Å². The van der Waals surface area contributed by atoms with Gasteiger partial charge in [-0.15, -0.1) is 11.3 Å². The third kappa shape index (κ3) is 4.49. The van der Waals surface area contributed by atoms with Gasteiger partial charge in [-0.2, -0.15) is 0 Å². The predicted octanol–water partition coefficient (Wildman–Crippen LogP) is 2.82. The topological polar surface area (TPSA) is 86.7 Å². The smallest absolute Gasteiger partial charge is 0.305 e. The number of amides is 2. The van der Waals surface area contributed by atoms with Gasteiger partial charge in [-0.3, -0.25) is 14.4 Å². The van der Waals surface area contributed by atoms with E-state index >= 15 is 0 Å². The summed E-state index contributed by atoms with van der Waals surface area (Å²) in [4.78, 5) is 38.1. The van der Waals surface area contributed by atoms with Crippen LogP contribution in [-0.4, -0.2) is 34.3 Å². The first-order valence-corrected chi connectivity index (χ1v) is 9.33. The van der Waals surface area contributed by atoms with Crippen molar-refractivity contribution >= 4 is 29.1 Å². The van der Waals surface area contributed by atoms with Crippen molar-refractivity contribution in [1.29, 1.82) is 0 Å². The summed E-state index contributed by atoms with van der Waals surface area (Å²) in [7, 11) is 0. The Morgan fingerprint density at radius 3 is 2.77 bits per heavy atom. The number of carbonyl (C=O) groups is 3. The normalized spacial score (nSPS) is 15.1. The number of nitrogens with zero attached hydrogens (tertiary/aromatic N) is 1. The van der Waals surface area contributed by atoms with Gasteiger partial charge in [-0.25, -0.2) is 0 Å². The van der Waals surface area contributed by atoms with Crippen LogP contribution in [0.2, 0.25) is 0 Å². The molecule has 1 aliphatic heterocycles. The number of rotatable bonds is 7. The zero-order valence-corrected chi connectivity index (χ0v) is 15.0. The van der Waals surface area contributed by atoms with Crippen LogP contribution < -0.4 is 5.32 Å². The molecule has 1 aromatic carbocycles. The van der Waals surface area contributed by atoms with Crippen molar-refractivity contribution in [3.63, 3.8) is 0 Å². The summed E-state index contributed by atoms with van der Waals surface area (Å²) < 4.78 is 0. The van der Waals surface area contributed by atoms with Crippen LogP contribution in [0.4, 0.5) is 0 Å². The fraction of sp³-hybridized carbons (Fsp3) is 0.316. The van der Waals surface area contributed by atoms with Gasteiger partial charge < -0.3 is 15.3 Å². The van der Waals surface area contributed by atoms with E-state index in [9.17, 15) is 14.4 Å². The molecule has 1 saturated heterocycles. The van der Waals surface area contributed by atoms with Crippen LogP contribution in [0.25, 0.3) is 0 Å². The summed E-state index contributed by atoms with van der Waals surface area (Å²) in [6, 6.07) is 10.2. The molecular weight excluding hydrogens is 352 g/mol. The minimum Gasteiger partial charge on any atom is -0.481 e. The predicted molar refractivity (Wildman–Crippen MR) is 97.9 cm³/mol. The standard InChI is InChI=1S/C19H20N2O4S/c22-17-7-2-8-21(17)12-13-4-1-5-14(10-13)19(25)20-15(11-18(23)24)16-6-3-9-26-16/h1,3-6,9-10,15H,2,7-8,11-12H2,(H,20,25)(H,23,24)/t15-/m0/s1. The van der Waals surface area contributed by atoms with Crippen molar-refractivity contribution < 1.29 is 19.5 Å². The highest BCUT2D eigenvalue weighted by Gasteiger charge is 2.22. The highest BCUT2D eigenvalue weighted by Crippen LogP contribution is 2.23. The van der Waals surface area contributed by atoms with Crippen LogP contribution in [-0.2, 0) is 16.1 Å². The molecule has 2 N–H and O–H groups in total. The van der Waals surface area contributed by atoms with Crippen molar-refractivity contribution in [3.05, 3.63) is 57.8 Å². The molecule has 0 spiro atoms. The van der Waals surface area contributed by atoms with Crippen LogP contribution >= 0.6 is 11.3 Å². The number of likely N-dealkylation sites (tertiary alicyclic amines) is 1. The Balaban J connectivity index is 1.71. The molecule has 2 aromatic rings. The second-order valence-electron chi connectivity index (χ2n) is 6.26. The molecule has 6 nitrogen and oxygen atoms in total.